The largest absolute Gasteiger partial charge is 0.339 e. The molecule has 0 spiro atoms. The van der Waals surface area contributed by atoms with E-state index < -0.39 is 0 Å². The third-order valence-corrected chi connectivity index (χ3v) is 2.65. The summed E-state index contributed by atoms with van der Waals surface area (Å²) < 4.78 is 6.39. The maximum Gasteiger partial charge on any atom is 0.257 e. The second-order valence-electron chi connectivity index (χ2n) is 3.97. The van der Waals surface area contributed by atoms with Crippen LogP contribution in [-0.2, 0) is 0 Å². The number of hydrogen-bond acceptors (Lipinski definition) is 5. The van der Waals surface area contributed by atoms with E-state index in [-0.39, 0.29) is 5.56 Å². The van der Waals surface area contributed by atoms with E-state index in [2.05, 4.69) is 15.1 Å². The molecule has 3 aromatic rings. The van der Waals surface area contributed by atoms with Crippen LogP contribution in [0.1, 0.15) is 5.89 Å². The van der Waals surface area contributed by atoms with Crippen LogP contribution in [0.25, 0.3) is 17.1 Å². The van der Waals surface area contributed by atoms with E-state index in [1.807, 2.05) is 24.3 Å². The molecule has 0 unspecified atom stereocenters. The van der Waals surface area contributed by atoms with Crippen LogP contribution in [0.2, 0.25) is 0 Å². The lowest BCUT2D eigenvalue weighted by Crippen LogP contribution is -2.16. The van der Waals surface area contributed by atoms with Crippen molar-refractivity contribution < 1.29 is 4.52 Å². The average Bonchev–Trinajstić information content (AvgIpc) is 2.86. The number of rotatable bonds is 2. The fourth-order valence-electron chi connectivity index (χ4n) is 1.73. The van der Waals surface area contributed by atoms with Gasteiger partial charge in [-0.3, -0.25) is 9.36 Å². The molecule has 0 atom stereocenters. The summed E-state index contributed by atoms with van der Waals surface area (Å²) >= 11 is 0. The minimum absolute atomic E-state index is 0.127. The van der Waals surface area contributed by atoms with Crippen LogP contribution in [0.4, 0.5) is 0 Å². The molecule has 94 valence electrons. The van der Waals surface area contributed by atoms with Crippen LogP contribution in [0.5, 0.6) is 0 Å². The third kappa shape index (κ3) is 2.15. The molecule has 6 heteroatoms. The number of aromatic nitrogens is 4. The van der Waals surface area contributed by atoms with Crippen LogP contribution in [-0.4, -0.2) is 19.7 Å². The first-order valence-electron chi connectivity index (χ1n) is 5.68. The highest BCUT2D eigenvalue weighted by Gasteiger charge is 2.06. The summed E-state index contributed by atoms with van der Waals surface area (Å²) in [5.41, 5.74) is 1.44. The van der Waals surface area contributed by atoms with Crippen LogP contribution in [0.15, 0.2) is 52.2 Å². The second kappa shape index (κ2) is 4.49. The monoisotopic (exact) mass is 254 g/mol. The molecular weight excluding hydrogens is 244 g/mol. The molecule has 2 aromatic heterocycles. The van der Waals surface area contributed by atoms with E-state index in [1.54, 1.807) is 6.92 Å². The molecular formula is C13H10N4O2. The molecule has 0 radical (unpaired) electrons. The van der Waals surface area contributed by atoms with Gasteiger partial charge in [0, 0.05) is 24.8 Å². The molecule has 0 aliphatic rings. The Morgan fingerprint density at radius 3 is 2.58 bits per heavy atom. The Balaban J connectivity index is 2.00. The number of benzene rings is 1. The number of nitrogens with zero attached hydrogens (tertiary/aromatic N) is 4. The summed E-state index contributed by atoms with van der Waals surface area (Å²) in [7, 11) is 0. The highest BCUT2D eigenvalue weighted by Crippen LogP contribution is 2.17. The summed E-state index contributed by atoms with van der Waals surface area (Å²) in [4.78, 5) is 19.7. The molecule has 6 nitrogen and oxygen atoms in total. The van der Waals surface area contributed by atoms with Gasteiger partial charge in [-0.25, -0.2) is 4.98 Å². The van der Waals surface area contributed by atoms with Crippen molar-refractivity contribution in [1.29, 1.82) is 0 Å². The summed E-state index contributed by atoms with van der Waals surface area (Å²) in [5.74, 6) is 1.05. The Kier molecular flexibility index (Phi) is 2.68. The van der Waals surface area contributed by atoms with Crippen molar-refractivity contribution in [3.8, 4) is 17.1 Å². The van der Waals surface area contributed by atoms with Gasteiger partial charge in [0.15, 0.2) is 0 Å². The maximum absolute atomic E-state index is 11.7. The van der Waals surface area contributed by atoms with E-state index >= 15 is 0 Å². The summed E-state index contributed by atoms with van der Waals surface area (Å²) in [6.07, 6.45) is 2.95. The zero-order valence-electron chi connectivity index (χ0n) is 10.1. The van der Waals surface area contributed by atoms with E-state index in [0.717, 1.165) is 11.3 Å². The molecule has 0 N–H and O–H groups in total. The summed E-state index contributed by atoms with van der Waals surface area (Å²) in [6.45, 7) is 1.74. The fourth-order valence-corrected chi connectivity index (χ4v) is 1.73. The zero-order valence-corrected chi connectivity index (χ0v) is 10.1. The Labute approximate surface area is 108 Å². The molecule has 0 aliphatic carbocycles. The average molecular weight is 254 g/mol. The van der Waals surface area contributed by atoms with Crippen molar-refractivity contribution in [2.24, 2.45) is 0 Å². The van der Waals surface area contributed by atoms with Crippen molar-refractivity contribution in [2.45, 2.75) is 6.92 Å². The lowest BCUT2D eigenvalue weighted by Gasteiger charge is -2.04. The molecule has 0 aliphatic heterocycles. The van der Waals surface area contributed by atoms with Gasteiger partial charge >= 0.3 is 0 Å². The van der Waals surface area contributed by atoms with Crippen molar-refractivity contribution in [3.05, 3.63) is 59.1 Å². The molecule has 19 heavy (non-hydrogen) atoms. The van der Waals surface area contributed by atoms with Gasteiger partial charge in [-0.2, -0.15) is 4.98 Å². The predicted molar refractivity (Wildman–Crippen MR) is 67.9 cm³/mol. The molecule has 3 rings (SSSR count). The van der Waals surface area contributed by atoms with Gasteiger partial charge in [0.05, 0.1) is 5.69 Å². The lowest BCUT2D eigenvalue weighted by molar-refractivity contribution is 0.394. The minimum Gasteiger partial charge on any atom is -0.339 e. The van der Waals surface area contributed by atoms with E-state index in [4.69, 9.17) is 4.52 Å². The molecule has 1 aromatic carbocycles. The van der Waals surface area contributed by atoms with Crippen LogP contribution < -0.4 is 5.56 Å². The Morgan fingerprint density at radius 1 is 1.16 bits per heavy atom. The van der Waals surface area contributed by atoms with Crippen LogP contribution in [0, 0.1) is 6.92 Å². The number of hydrogen-bond donors (Lipinski definition) is 0. The van der Waals surface area contributed by atoms with E-state index in [9.17, 15) is 4.79 Å². The standard InChI is InChI=1S/C13H10N4O2/c1-9-15-13(16-19-9)10-2-4-11(5-3-10)17-8-14-7-6-12(17)18/h2-8H,1H3. The summed E-state index contributed by atoms with van der Waals surface area (Å²) in [5, 5.41) is 3.84. The highest BCUT2D eigenvalue weighted by molar-refractivity contribution is 5.56. The molecule has 0 saturated carbocycles. The Hall–Kier alpha value is -2.76. The normalized spacial score (nSPS) is 10.6. The van der Waals surface area contributed by atoms with Crippen molar-refractivity contribution >= 4 is 0 Å². The first kappa shape index (κ1) is 11.3. The number of aryl methyl sites for hydroxylation is 1. The van der Waals surface area contributed by atoms with Crippen LogP contribution >= 0.6 is 0 Å². The first-order valence-corrected chi connectivity index (χ1v) is 5.68. The van der Waals surface area contributed by atoms with Gasteiger partial charge in [0.25, 0.3) is 5.56 Å². The lowest BCUT2D eigenvalue weighted by atomic mass is 10.2. The third-order valence-electron chi connectivity index (χ3n) is 2.65. The molecule has 0 amide bonds. The highest BCUT2D eigenvalue weighted by atomic mass is 16.5. The molecule has 2 heterocycles. The van der Waals surface area contributed by atoms with Gasteiger partial charge in [0.2, 0.25) is 11.7 Å². The van der Waals surface area contributed by atoms with Gasteiger partial charge in [-0.1, -0.05) is 5.16 Å². The smallest absolute Gasteiger partial charge is 0.257 e. The maximum atomic E-state index is 11.7. The fraction of sp³-hybridized carbons (Fsp3) is 0.0769. The Bertz CT molecular complexity index is 759. The van der Waals surface area contributed by atoms with Crippen molar-refractivity contribution in [1.82, 2.24) is 19.7 Å². The van der Waals surface area contributed by atoms with Gasteiger partial charge in [-0.15, -0.1) is 0 Å². The van der Waals surface area contributed by atoms with E-state index in [1.165, 1.54) is 23.2 Å². The first-order chi connectivity index (χ1) is 9.24. The molecule has 0 saturated heterocycles. The zero-order chi connectivity index (χ0) is 13.2. The minimum atomic E-state index is -0.127. The van der Waals surface area contributed by atoms with Gasteiger partial charge < -0.3 is 4.52 Å². The predicted octanol–water partition coefficient (Wildman–Crippen LogP) is 1.59. The summed E-state index contributed by atoms with van der Waals surface area (Å²) in [6, 6.07) is 8.70. The van der Waals surface area contributed by atoms with Crippen molar-refractivity contribution in [3.63, 3.8) is 0 Å². The van der Waals surface area contributed by atoms with Gasteiger partial charge in [-0.05, 0) is 24.3 Å². The topological polar surface area (TPSA) is 73.8 Å². The van der Waals surface area contributed by atoms with Gasteiger partial charge in [0.1, 0.15) is 6.33 Å². The van der Waals surface area contributed by atoms with Crippen molar-refractivity contribution in [2.75, 3.05) is 0 Å². The Morgan fingerprint density at radius 2 is 1.95 bits per heavy atom. The quantitative estimate of drug-likeness (QED) is 0.694. The van der Waals surface area contributed by atoms with Crippen LogP contribution in [0.3, 0.4) is 0 Å². The van der Waals surface area contributed by atoms with E-state index in [0.29, 0.717) is 11.7 Å². The molecule has 0 bridgehead atoms. The molecule has 0 fully saturated rings. The SMILES string of the molecule is Cc1nc(-c2ccc(-n3cnccc3=O)cc2)no1. The second-order valence-corrected chi connectivity index (χ2v) is 3.97.